The number of piperidine rings is 1. The molecule has 1 aliphatic heterocycles. The van der Waals surface area contributed by atoms with Crippen molar-refractivity contribution in [2.75, 3.05) is 19.6 Å². The molecule has 0 spiro atoms. The van der Waals surface area contributed by atoms with Crippen molar-refractivity contribution < 1.29 is 5.11 Å². The molecule has 0 bridgehead atoms. The van der Waals surface area contributed by atoms with Crippen molar-refractivity contribution in [3.8, 4) is 0 Å². The van der Waals surface area contributed by atoms with Gasteiger partial charge in [0.05, 0.1) is 6.10 Å². The smallest absolute Gasteiger partial charge is 0.0540 e. The average molecular weight is 279 g/mol. The molecule has 20 heavy (non-hydrogen) atoms. The lowest BCUT2D eigenvalue weighted by molar-refractivity contribution is 0.0610. The topological polar surface area (TPSA) is 23.5 Å². The Morgan fingerprint density at radius 1 is 0.850 bits per heavy atom. The van der Waals surface area contributed by atoms with Gasteiger partial charge in [0.1, 0.15) is 0 Å². The number of hydrogen-bond donors (Lipinski definition) is 1. The van der Waals surface area contributed by atoms with E-state index in [0.717, 1.165) is 42.4 Å². The van der Waals surface area contributed by atoms with Crippen LogP contribution >= 0.6 is 0 Å². The van der Waals surface area contributed by atoms with Gasteiger partial charge in [-0.2, -0.15) is 0 Å². The molecule has 1 N–H and O–H groups in total. The second kappa shape index (κ2) is 6.36. The van der Waals surface area contributed by atoms with Crippen LogP contribution in [-0.2, 0) is 0 Å². The summed E-state index contributed by atoms with van der Waals surface area (Å²) in [7, 11) is 0. The molecular formula is C18H33NO. The molecule has 1 heterocycles. The summed E-state index contributed by atoms with van der Waals surface area (Å²) in [5.41, 5.74) is 0. The normalized spacial score (nSPS) is 46.4. The van der Waals surface area contributed by atoms with Crippen LogP contribution in [0.4, 0.5) is 0 Å². The van der Waals surface area contributed by atoms with Crippen molar-refractivity contribution in [2.45, 2.75) is 64.9 Å². The van der Waals surface area contributed by atoms with E-state index in [2.05, 4.69) is 18.7 Å². The number of rotatable bonds is 3. The first-order valence-electron chi connectivity index (χ1n) is 9.04. The lowest BCUT2D eigenvalue weighted by Gasteiger charge is -2.41. The summed E-state index contributed by atoms with van der Waals surface area (Å²) >= 11 is 0. The summed E-state index contributed by atoms with van der Waals surface area (Å²) in [5.74, 6) is 4.74. The van der Waals surface area contributed by atoms with Gasteiger partial charge in [0.2, 0.25) is 0 Å². The molecule has 4 atom stereocenters. The Labute approximate surface area is 124 Å². The molecule has 0 aromatic heterocycles. The Balaban J connectivity index is 1.46. The first-order chi connectivity index (χ1) is 9.63. The molecule has 2 aliphatic carbocycles. The molecule has 0 amide bonds. The Morgan fingerprint density at radius 2 is 1.60 bits per heavy atom. The highest BCUT2D eigenvalue weighted by Crippen LogP contribution is 2.44. The molecule has 0 aromatic carbocycles. The Hall–Kier alpha value is -0.0800. The minimum atomic E-state index is 0.00126. The highest BCUT2D eigenvalue weighted by Gasteiger charge is 2.41. The second-order valence-electron chi connectivity index (χ2n) is 8.08. The standard InChI is InChI=1S/C18H33NO/c1-13-3-8-17-14(2)11-19(12-18(13)17)10-9-15-4-6-16(20)7-5-15/h13-18,20H,3-12H2,1-2H3. The third-order valence-electron chi connectivity index (χ3n) is 6.65. The molecule has 0 aromatic rings. The Bertz CT molecular complexity index is 311. The fourth-order valence-corrected chi connectivity index (χ4v) is 5.22. The lowest BCUT2D eigenvalue weighted by Crippen LogP contribution is -2.45. The minimum absolute atomic E-state index is 0.00126. The van der Waals surface area contributed by atoms with Gasteiger partial charge in [-0.3, -0.25) is 0 Å². The number of aliphatic hydroxyl groups is 1. The maximum absolute atomic E-state index is 9.60. The van der Waals surface area contributed by atoms with E-state index in [4.69, 9.17) is 0 Å². The highest BCUT2D eigenvalue weighted by molar-refractivity contribution is 4.92. The van der Waals surface area contributed by atoms with E-state index < -0.39 is 0 Å². The molecule has 116 valence electrons. The van der Waals surface area contributed by atoms with Crippen LogP contribution < -0.4 is 0 Å². The number of fused-ring (bicyclic) bond motifs is 1. The fourth-order valence-electron chi connectivity index (χ4n) is 5.22. The van der Waals surface area contributed by atoms with Crippen molar-refractivity contribution in [3.05, 3.63) is 0 Å². The number of nitrogens with zero attached hydrogens (tertiary/aromatic N) is 1. The van der Waals surface area contributed by atoms with Gasteiger partial charge in [-0.25, -0.2) is 0 Å². The van der Waals surface area contributed by atoms with E-state index in [0.29, 0.717) is 0 Å². The van der Waals surface area contributed by atoms with Gasteiger partial charge in [0.25, 0.3) is 0 Å². The van der Waals surface area contributed by atoms with E-state index in [1.54, 1.807) is 0 Å². The van der Waals surface area contributed by atoms with E-state index in [1.807, 2.05) is 0 Å². The van der Waals surface area contributed by atoms with Crippen LogP contribution in [0.5, 0.6) is 0 Å². The number of hydrogen-bond acceptors (Lipinski definition) is 2. The van der Waals surface area contributed by atoms with Crippen molar-refractivity contribution in [1.82, 2.24) is 4.90 Å². The van der Waals surface area contributed by atoms with E-state index in [1.165, 1.54) is 51.7 Å². The van der Waals surface area contributed by atoms with Crippen LogP contribution in [-0.4, -0.2) is 35.7 Å². The number of likely N-dealkylation sites (tertiary alicyclic amines) is 1. The van der Waals surface area contributed by atoms with Gasteiger partial charge < -0.3 is 10.0 Å². The van der Waals surface area contributed by atoms with Crippen molar-refractivity contribution in [2.24, 2.45) is 29.6 Å². The van der Waals surface area contributed by atoms with Gasteiger partial charge >= 0.3 is 0 Å². The number of aliphatic hydroxyl groups excluding tert-OH is 1. The molecule has 2 saturated carbocycles. The van der Waals surface area contributed by atoms with E-state index in [-0.39, 0.29) is 6.10 Å². The van der Waals surface area contributed by atoms with Crippen molar-refractivity contribution >= 4 is 0 Å². The van der Waals surface area contributed by atoms with Crippen LogP contribution in [0.2, 0.25) is 0 Å². The van der Waals surface area contributed by atoms with Crippen LogP contribution in [0.15, 0.2) is 0 Å². The fraction of sp³-hybridized carbons (Fsp3) is 1.00. The predicted octanol–water partition coefficient (Wildman–Crippen LogP) is 3.54. The highest BCUT2D eigenvalue weighted by atomic mass is 16.3. The molecule has 3 aliphatic rings. The third kappa shape index (κ3) is 3.22. The van der Waals surface area contributed by atoms with Crippen LogP contribution in [0.25, 0.3) is 0 Å². The minimum Gasteiger partial charge on any atom is -0.393 e. The zero-order chi connectivity index (χ0) is 14.1. The predicted molar refractivity (Wildman–Crippen MR) is 83.6 cm³/mol. The summed E-state index contributed by atoms with van der Waals surface area (Å²) in [5, 5.41) is 9.60. The van der Waals surface area contributed by atoms with Gasteiger partial charge in [-0.05, 0) is 74.7 Å². The first kappa shape index (κ1) is 14.8. The molecular weight excluding hydrogens is 246 g/mol. The summed E-state index contributed by atoms with van der Waals surface area (Å²) in [6, 6.07) is 0. The summed E-state index contributed by atoms with van der Waals surface area (Å²) in [4.78, 5) is 2.76. The van der Waals surface area contributed by atoms with Crippen molar-refractivity contribution in [1.29, 1.82) is 0 Å². The van der Waals surface area contributed by atoms with Gasteiger partial charge in [0, 0.05) is 13.1 Å². The first-order valence-corrected chi connectivity index (χ1v) is 9.04. The zero-order valence-electron chi connectivity index (χ0n) is 13.4. The maximum atomic E-state index is 9.60. The average Bonchev–Trinajstić information content (AvgIpc) is 2.81. The van der Waals surface area contributed by atoms with Crippen LogP contribution in [0, 0.1) is 29.6 Å². The van der Waals surface area contributed by atoms with E-state index >= 15 is 0 Å². The summed E-state index contributed by atoms with van der Waals surface area (Å²) in [6.45, 7) is 8.97. The molecule has 3 fully saturated rings. The SMILES string of the molecule is CC1CN(CCC2CCC(O)CC2)CC2C(C)CCC12. The lowest BCUT2D eigenvalue weighted by atomic mass is 9.78. The van der Waals surface area contributed by atoms with Crippen molar-refractivity contribution in [3.63, 3.8) is 0 Å². The van der Waals surface area contributed by atoms with Crippen LogP contribution in [0.1, 0.15) is 58.8 Å². The molecule has 2 nitrogen and oxygen atoms in total. The van der Waals surface area contributed by atoms with Gasteiger partial charge in [-0.15, -0.1) is 0 Å². The second-order valence-corrected chi connectivity index (χ2v) is 8.08. The maximum Gasteiger partial charge on any atom is 0.0540 e. The zero-order valence-corrected chi connectivity index (χ0v) is 13.4. The summed E-state index contributed by atoms with van der Waals surface area (Å²) in [6.07, 6.45) is 8.92. The largest absolute Gasteiger partial charge is 0.393 e. The Kier molecular flexibility index (Phi) is 4.72. The molecule has 1 saturated heterocycles. The summed E-state index contributed by atoms with van der Waals surface area (Å²) < 4.78 is 0. The monoisotopic (exact) mass is 279 g/mol. The van der Waals surface area contributed by atoms with Crippen LogP contribution in [0.3, 0.4) is 0 Å². The molecule has 2 heteroatoms. The quantitative estimate of drug-likeness (QED) is 0.854. The van der Waals surface area contributed by atoms with Gasteiger partial charge in [-0.1, -0.05) is 20.3 Å². The molecule has 4 unspecified atom stereocenters. The Morgan fingerprint density at radius 3 is 2.35 bits per heavy atom. The van der Waals surface area contributed by atoms with Gasteiger partial charge in [0.15, 0.2) is 0 Å². The molecule has 3 rings (SSSR count). The molecule has 0 radical (unpaired) electrons. The van der Waals surface area contributed by atoms with E-state index in [9.17, 15) is 5.11 Å². The third-order valence-corrected chi connectivity index (χ3v) is 6.65.